The SMILES string of the molecule is CC(=O)Nc1ccc(-c2csc(NC(=O)[C@@H]3CC(=O)N(c4ccc5c(c4)OCCO5)C3)n2)c(F)c1. The van der Waals surface area contributed by atoms with Gasteiger partial charge in [0, 0.05) is 48.3 Å². The van der Waals surface area contributed by atoms with E-state index in [9.17, 15) is 18.8 Å². The highest BCUT2D eigenvalue weighted by atomic mass is 32.1. The van der Waals surface area contributed by atoms with Gasteiger partial charge in [-0.05, 0) is 30.3 Å². The Labute approximate surface area is 203 Å². The van der Waals surface area contributed by atoms with Crippen LogP contribution in [0.3, 0.4) is 0 Å². The second-order valence-corrected chi connectivity index (χ2v) is 8.99. The molecule has 3 aromatic rings. The molecule has 11 heteroatoms. The summed E-state index contributed by atoms with van der Waals surface area (Å²) < 4.78 is 25.6. The molecule has 0 bridgehead atoms. The largest absolute Gasteiger partial charge is 0.486 e. The first-order chi connectivity index (χ1) is 16.9. The van der Waals surface area contributed by atoms with Crippen molar-refractivity contribution in [1.82, 2.24) is 4.98 Å². The number of thiazole rings is 1. The van der Waals surface area contributed by atoms with Crippen LogP contribution in [0.15, 0.2) is 41.8 Å². The zero-order valence-corrected chi connectivity index (χ0v) is 19.5. The van der Waals surface area contributed by atoms with E-state index in [2.05, 4.69) is 15.6 Å². The standard InChI is InChI=1S/C24H21FN4O5S/c1-13(30)26-15-2-4-17(18(25)9-15)19-12-35-24(27-19)28-23(32)14-8-22(31)29(11-14)16-3-5-20-21(10-16)34-7-6-33-20/h2-5,9-10,12,14H,6-8,11H2,1H3,(H,26,30)(H,27,28,32)/t14-/m1/s1. The fraction of sp³-hybridized carbons (Fsp3) is 0.250. The van der Waals surface area contributed by atoms with Gasteiger partial charge in [-0.1, -0.05) is 0 Å². The van der Waals surface area contributed by atoms with Gasteiger partial charge >= 0.3 is 0 Å². The first-order valence-corrected chi connectivity index (χ1v) is 11.8. The fourth-order valence-corrected chi connectivity index (χ4v) is 4.71. The second-order valence-electron chi connectivity index (χ2n) is 8.14. The second kappa shape index (κ2) is 9.34. The van der Waals surface area contributed by atoms with E-state index in [1.807, 2.05) is 0 Å². The van der Waals surface area contributed by atoms with Crippen LogP contribution in [0, 0.1) is 11.7 Å². The van der Waals surface area contributed by atoms with Gasteiger partial charge in [0.15, 0.2) is 16.6 Å². The molecule has 1 aromatic heterocycles. The van der Waals surface area contributed by atoms with Crippen LogP contribution in [0.1, 0.15) is 13.3 Å². The van der Waals surface area contributed by atoms with E-state index in [1.54, 1.807) is 34.5 Å². The number of halogens is 1. The summed E-state index contributed by atoms with van der Waals surface area (Å²) in [6, 6.07) is 9.57. The summed E-state index contributed by atoms with van der Waals surface area (Å²) in [7, 11) is 0. The van der Waals surface area contributed by atoms with Crippen molar-refractivity contribution in [2.45, 2.75) is 13.3 Å². The van der Waals surface area contributed by atoms with Crippen molar-refractivity contribution in [2.24, 2.45) is 5.92 Å². The number of nitrogens with zero attached hydrogens (tertiary/aromatic N) is 2. The molecular formula is C24H21FN4O5S. The van der Waals surface area contributed by atoms with Gasteiger partial charge in [0.25, 0.3) is 0 Å². The van der Waals surface area contributed by atoms with Crippen LogP contribution in [0.5, 0.6) is 11.5 Å². The Morgan fingerprint density at radius 1 is 1.11 bits per heavy atom. The Kier molecular flexibility index (Phi) is 6.08. The molecule has 5 rings (SSSR count). The quantitative estimate of drug-likeness (QED) is 0.558. The predicted octanol–water partition coefficient (Wildman–Crippen LogP) is 3.67. The molecule has 1 atom stereocenters. The molecule has 0 aliphatic carbocycles. The third-order valence-electron chi connectivity index (χ3n) is 5.63. The van der Waals surface area contributed by atoms with Crippen LogP contribution in [-0.2, 0) is 14.4 Å². The lowest BCUT2D eigenvalue weighted by atomic mass is 10.1. The lowest BCUT2D eigenvalue weighted by molar-refractivity contribution is -0.122. The van der Waals surface area contributed by atoms with Crippen LogP contribution in [-0.4, -0.2) is 42.5 Å². The van der Waals surface area contributed by atoms with E-state index in [4.69, 9.17) is 9.47 Å². The highest BCUT2D eigenvalue weighted by molar-refractivity contribution is 7.14. The number of hydrogen-bond acceptors (Lipinski definition) is 7. The molecule has 2 aliphatic rings. The maximum Gasteiger partial charge on any atom is 0.231 e. The summed E-state index contributed by atoms with van der Waals surface area (Å²) in [5, 5.41) is 7.20. The van der Waals surface area contributed by atoms with Gasteiger partial charge in [-0.25, -0.2) is 9.37 Å². The number of hydrogen-bond donors (Lipinski definition) is 2. The average Bonchev–Trinajstić information content (AvgIpc) is 3.45. The molecule has 2 aromatic carbocycles. The molecule has 2 N–H and O–H groups in total. The van der Waals surface area contributed by atoms with Crippen LogP contribution in [0.25, 0.3) is 11.3 Å². The first-order valence-electron chi connectivity index (χ1n) is 10.9. The number of rotatable bonds is 5. The lowest BCUT2D eigenvalue weighted by Gasteiger charge is -2.22. The van der Waals surface area contributed by atoms with Crippen LogP contribution in [0.2, 0.25) is 0 Å². The molecule has 0 radical (unpaired) electrons. The van der Waals surface area contributed by atoms with Crippen molar-refractivity contribution in [2.75, 3.05) is 35.3 Å². The van der Waals surface area contributed by atoms with Gasteiger partial charge in [-0.2, -0.15) is 0 Å². The number of carbonyl (C=O) groups is 3. The number of nitrogens with one attached hydrogen (secondary N) is 2. The Morgan fingerprint density at radius 2 is 1.91 bits per heavy atom. The van der Waals surface area contributed by atoms with E-state index in [0.717, 1.165) is 11.3 Å². The summed E-state index contributed by atoms with van der Waals surface area (Å²) in [6.45, 7) is 2.48. The lowest BCUT2D eigenvalue weighted by Crippen LogP contribution is -2.28. The number of benzene rings is 2. The Bertz CT molecular complexity index is 1330. The number of ether oxygens (including phenoxy) is 2. The number of fused-ring (bicyclic) bond motifs is 1. The molecule has 0 saturated carbocycles. The zero-order chi connectivity index (χ0) is 24.5. The molecule has 1 saturated heterocycles. The van der Waals surface area contributed by atoms with Gasteiger partial charge in [0.1, 0.15) is 19.0 Å². The summed E-state index contributed by atoms with van der Waals surface area (Å²) in [5.74, 6) is -0.700. The summed E-state index contributed by atoms with van der Waals surface area (Å²) >= 11 is 1.16. The zero-order valence-electron chi connectivity index (χ0n) is 18.7. The van der Waals surface area contributed by atoms with E-state index in [1.165, 1.54) is 19.1 Å². The minimum absolute atomic E-state index is 0.0672. The molecule has 2 aliphatic heterocycles. The van der Waals surface area contributed by atoms with Crippen LogP contribution >= 0.6 is 11.3 Å². The van der Waals surface area contributed by atoms with E-state index in [-0.39, 0.29) is 36.3 Å². The van der Waals surface area contributed by atoms with E-state index >= 15 is 0 Å². The van der Waals surface area contributed by atoms with Gasteiger partial charge in [-0.3, -0.25) is 14.4 Å². The summed E-state index contributed by atoms with van der Waals surface area (Å²) in [4.78, 5) is 42.5. The van der Waals surface area contributed by atoms with Crippen LogP contribution < -0.4 is 25.0 Å². The molecule has 180 valence electrons. The van der Waals surface area contributed by atoms with Gasteiger partial charge in [-0.15, -0.1) is 11.3 Å². The molecule has 9 nitrogen and oxygen atoms in total. The third kappa shape index (κ3) is 4.80. The molecule has 0 spiro atoms. The van der Waals surface area contributed by atoms with E-state index < -0.39 is 11.7 Å². The van der Waals surface area contributed by atoms with Crippen molar-refractivity contribution < 1.29 is 28.2 Å². The van der Waals surface area contributed by atoms with Gasteiger partial charge in [0.2, 0.25) is 17.7 Å². The van der Waals surface area contributed by atoms with Gasteiger partial charge in [0.05, 0.1) is 11.6 Å². The molecule has 3 amide bonds. The number of anilines is 3. The molecule has 35 heavy (non-hydrogen) atoms. The molecule has 0 unspecified atom stereocenters. The predicted molar refractivity (Wildman–Crippen MR) is 128 cm³/mol. The Hall–Kier alpha value is -3.99. The first kappa shape index (κ1) is 22.8. The number of carbonyl (C=O) groups excluding carboxylic acids is 3. The highest BCUT2D eigenvalue weighted by Crippen LogP contribution is 2.36. The Balaban J connectivity index is 1.25. The van der Waals surface area contributed by atoms with Crippen molar-refractivity contribution in [1.29, 1.82) is 0 Å². The van der Waals surface area contributed by atoms with Crippen molar-refractivity contribution in [3.05, 3.63) is 47.6 Å². The summed E-state index contributed by atoms with van der Waals surface area (Å²) in [6.07, 6.45) is 0.0672. The van der Waals surface area contributed by atoms with Crippen molar-refractivity contribution >= 4 is 45.6 Å². The fourth-order valence-electron chi connectivity index (χ4n) is 4.00. The van der Waals surface area contributed by atoms with Gasteiger partial charge < -0.3 is 25.0 Å². The molecule has 3 heterocycles. The topological polar surface area (TPSA) is 110 Å². The van der Waals surface area contributed by atoms with E-state index in [0.29, 0.717) is 46.9 Å². The summed E-state index contributed by atoms with van der Waals surface area (Å²) in [5.41, 5.74) is 1.59. The minimum atomic E-state index is -0.559. The monoisotopic (exact) mass is 496 g/mol. The molecular weight excluding hydrogens is 475 g/mol. The number of amides is 3. The highest BCUT2D eigenvalue weighted by Gasteiger charge is 2.36. The third-order valence-corrected chi connectivity index (χ3v) is 6.39. The van der Waals surface area contributed by atoms with Crippen LogP contribution in [0.4, 0.5) is 20.9 Å². The maximum absolute atomic E-state index is 14.5. The number of aromatic nitrogens is 1. The average molecular weight is 497 g/mol. The Morgan fingerprint density at radius 3 is 2.69 bits per heavy atom. The molecule has 1 fully saturated rings. The van der Waals surface area contributed by atoms with Crippen molar-refractivity contribution in [3.8, 4) is 22.8 Å². The smallest absolute Gasteiger partial charge is 0.231 e. The maximum atomic E-state index is 14.5. The normalized spacial score (nSPS) is 16.8. The minimum Gasteiger partial charge on any atom is -0.486 e. The van der Waals surface area contributed by atoms with Crippen molar-refractivity contribution in [3.63, 3.8) is 0 Å².